The number of esters is 4. The molecule has 105 heavy (non-hydrogen) atoms. The van der Waals surface area contributed by atoms with Gasteiger partial charge in [0.15, 0.2) is 12.2 Å². The fraction of sp³-hybridized carbons (Fsp3) is 0.907. The van der Waals surface area contributed by atoms with Crippen LogP contribution in [0.1, 0.15) is 433 Å². The molecule has 0 spiro atoms. The first kappa shape index (κ1) is 103. The van der Waals surface area contributed by atoms with Gasteiger partial charge in [0, 0.05) is 25.7 Å². The van der Waals surface area contributed by atoms with Gasteiger partial charge in [-0.15, -0.1) is 0 Å². The van der Waals surface area contributed by atoms with E-state index in [-0.39, 0.29) is 25.7 Å². The zero-order valence-electron chi connectivity index (χ0n) is 68.5. The third-order valence-electron chi connectivity index (χ3n) is 20.3. The van der Waals surface area contributed by atoms with Gasteiger partial charge in [-0.1, -0.05) is 380 Å². The molecule has 0 aliphatic heterocycles. The van der Waals surface area contributed by atoms with Crippen LogP contribution in [0.5, 0.6) is 0 Å². The summed E-state index contributed by atoms with van der Waals surface area (Å²) in [7, 11) is -9.94. The minimum absolute atomic E-state index is 0.0844. The number of rotatable bonds is 83. The molecule has 620 valence electrons. The van der Waals surface area contributed by atoms with E-state index in [0.717, 1.165) is 121 Å². The van der Waals surface area contributed by atoms with Crippen molar-refractivity contribution in [3.05, 3.63) is 24.3 Å². The quantitative estimate of drug-likeness (QED) is 0.0169. The highest BCUT2D eigenvalue weighted by Crippen LogP contribution is 2.45. The van der Waals surface area contributed by atoms with Crippen LogP contribution in [0.4, 0.5) is 0 Å². The summed E-state index contributed by atoms with van der Waals surface area (Å²) >= 11 is 0. The van der Waals surface area contributed by atoms with Crippen molar-refractivity contribution in [3.63, 3.8) is 0 Å². The molecule has 0 aliphatic carbocycles. The number of aliphatic hydroxyl groups is 1. The van der Waals surface area contributed by atoms with Gasteiger partial charge in [-0.25, -0.2) is 9.13 Å². The van der Waals surface area contributed by atoms with E-state index >= 15 is 0 Å². The Hall–Kier alpha value is -2.46. The third kappa shape index (κ3) is 76.7. The molecule has 0 aliphatic rings. The van der Waals surface area contributed by atoms with Gasteiger partial charge < -0.3 is 33.8 Å². The molecule has 19 heteroatoms. The highest BCUT2D eigenvalue weighted by atomic mass is 31.2. The van der Waals surface area contributed by atoms with Crippen LogP contribution in [0.3, 0.4) is 0 Å². The molecule has 0 fully saturated rings. The molecule has 0 amide bonds. The number of aliphatic hydroxyl groups excluding tert-OH is 1. The zero-order chi connectivity index (χ0) is 77.1. The smallest absolute Gasteiger partial charge is 0.462 e. The molecule has 0 aromatic heterocycles. The van der Waals surface area contributed by atoms with E-state index in [9.17, 15) is 43.2 Å². The zero-order valence-corrected chi connectivity index (χ0v) is 70.3. The van der Waals surface area contributed by atoms with E-state index in [1.165, 1.54) is 231 Å². The maximum absolute atomic E-state index is 13.1. The minimum atomic E-state index is -4.97. The standard InChI is InChI=1S/C86H164O17P2/c1-7-11-13-15-17-19-21-23-25-26-27-28-29-30-31-33-39-43-47-51-59-65-70-85(90)102-81(74-96-83(88)68-62-56-49-45-41-37-35-34-36-40-44-48-54-60-66-78(5)9-3)76-100-104(92,93)98-72-80(87)73-99-105(94,95)101-77-82(75-97-84(89)69-63-57-53-52-55-61-67-79(6)10-4)103-86(91)71-64-58-50-46-42-38-32-24-22-20-18-16-14-12-8-2/h20,22,24,32,78-82,87H,7-19,21,23,25-31,33-77H2,1-6H3,(H,92,93)(H,94,95)/b22-20-,32-24-/t78?,79?,80-,81-,82-/m1/s1. The molecule has 0 radical (unpaired) electrons. The highest BCUT2D eigenvalue weighted by Gasteiger charge is 2.30. The Morgan fingerprint density at radius 3 is 0.810 bits per heavy atom. The van der Waals surface area contributed by atoms with Crippen LogP contribution in [0.2, 0.25) is 0 Å². The average Bonchev–Trinajstić information content (AvgIpc) is 0.904. The van der Waals surface area contributed by atoms with Crippen LogP contribution >= 0.6 is 15.6 Å². The van der Waals surface area contributed by atoms with Crippen molar-refractivity contribution in [2.45, 2.75) is 452 Å². The van der Waals surface area contributed by atoms with E-state index in [1.54, 1.807) is 0 Å². The lowest BCUT2D eigenvalue weighted by atomic mass is 9.99. The van der Waals surface area contributed by atoms with Crippen molar-refractivity contribution in [1.82, 2.24) is 0 Å². The first-order valence-corrected chi connectivity index (χ1v) is 46.9. The number of carbonyl (C=O) groups is 4. The second kappa shape index (κ2) is 76.9. The number of hydrogen-bond acceptors (Lipinski definition) is 15. The summed E-state index contributed by atoms with van der Waals surface area (Å²) in [6, 6.07) is 0. The molecule has 4 unspecified atom stereocenters. The fourth-order valence-corrected chi connectivity index (χ4v) is 14.4. The van der Waals surface area contributed by atoms with Gasteiger partial charge in [-0.3, -0.25) is 37.3 Å². The summed E-state index contributed by atoms with van der Waals surface area (Å²) < 4.78 is 68.8. The first-order chi connectivity index (χ1) is 50.9. The summed E-state index contributed by atoms with van der Waals surface area (Å²) in [4.78, 5) is 73.2. The molecule has 0 bridgehead atoms. The third-order valence-corrected chi connectivity index (χ3v) is 22.2. The van der Waals surface area contributed by atoms with Crippen molar-refractivity contribution in [1.29, 1.82) is 0 Å². The van der Waals surface area contributed by atoms with Crippen LogP contribution in [-0.4, -0.2) is 96.7 Å². The van der Waals surface area contributed by atoms with Gasteiger partial charge in [0.1, 0.15) is 19.3 Å². The van der Waals surface area contributed by atoms with E-state index in [2.05, 4.69) is 65.8 Å². The molecule has 3 N–H and O–H groups in total. The van der Waals surface area contributed by atoms with Gasteiger partial charge >= 0.3 is 39.5 Å². The van der Waals surface area contributed by atoms with Crippen LogP contribution in [0.25, 0.3) is 0 Å². The number of phosphoric ester groups is 2. The first-order valence-electron chi connectivity index (χ1n) is 43.9. The van der Waals surface area contributed by atoms with Crippen LogP contribution in [-0.2, 0) is 65.4 Å². The number of ether oxygens (including phenoxy) is 4. The lowest BCUT2D eigenvalue weighted by molar-refractivity contribution is -0.161. The molecule has 0 aromatic carbocycles. The number of carbonyl (C=O) groups excluding carboxylic acids is 4. The summed E-state index contributed by atoms with van der Waals surface area (Å²) in [5, 5.41) is 10.7. The van der Waals surface area contributed by atoms with Crippen molar-refractivity contribution >= 4 is 39.5 Å². The molecule has 0 heterocycles. The minimum Gasteiger partial charge on any atom is -0.462 e. The van der Waals surface area contributed by atoms with Crippen LogP contribution in [0.15, 0.2) is 24.3 Å². The normalized spacial score (nSPS) is 14.5. The lowest BCUT2D eigenvalue weighted by Crippen LogP contribution is -2.30. The molecule has 0 saturated heterocycles. The van der Waals surface area contributed by atoms with E-state index < -0.39 is 97.5 Å². The number of hydrogen-bond donors (Lipinski definition) is 3. The molecule has 0 rings (SSSR count). The van der Waals surface area contributed by atoms with Gasteiger partial charge in [-0.05, 0) is 63.2 Å². The van der Waals surface area contributed by atoms with Crippen molar-refractivity contribution in [3.8, 4) is 0 Å². The summed E-state index contributed by atoms with van der Waals surface area (Å²) in [5.74, 6) is -0.560. The van der Waals surface area contributed by atoms with Crippen LogP contribution < -0.4 is 0 Å². The molecular formula is C86H164O17P2. The van der Waals surface area contributed by atoms with Gasteiger partial charge in [0.25, 0.3) is 0 Å². The Balaban J connectivity index is 5.25. The Morgan fingerprint density at radius 1 is 0.305 bits per heavy atom. The van der Waals surface area contributed by atoms with Gasteiger partial charge in [0.2, 0.25) is 0 Å². The maximum Gasteiger partial charge on any atom is 0.472 e. The highest BCUT2D eigenvalue weighted by molar-refractivity contribution is 7.47. The second-order valence-electron chi connectivity index (χ2n) is 30.7. The van der Waals surface area contributed by atoms with Crippen molar-refractivity contribution in [2.75, 3.05) is 39.6 Å². The SMILES string of the molecule is CCCCCC/C=C\C=C/CCCCCCCC(=O)O[C@H](COC(=O)CCCCCCCCC(C)CC)COP(=O)(O)OC[C@H](O)COP(=O)(O)OC[C@@H](COC(=O)CCCCCCCCCCCCCCCCC(C)CC)OC(=O)CCCCCCCCCCCCCCCCCCCCCCCC. The summed E-state index contributed by atoms with van der Waals surface area (Å²) in [6.45, 7) is 9.60. The number of phosphoric acid groups is 2. The molecule has 0 saturated carbocycles. The molecule has 0 aromatic rings. The number of allylic oxidation sites excluding steroid dienone is 4. The second-order valence-corrected chi connectivity index (χ2v) is 33.6. The average molecular weight is 1530 g/mol. The lowest BCUT2D eigenvalue weighted by Gasteiger charge is -2.21. The molecule has 17 nitrogen and oxygen atoms in total. The van der Waals surface area contributed by atoms with Gasteiger partial charge in [-0.2, -0.15) is 0 Å². The Labute approximate surface area is 643 Å². The Kier molecular flexibility index (Phi) is 75.1. The Morgan fingerprint density at radius 2 is 0.533 bits per heavy atom. The number of unbranched alkanes of at least 4 members (excludes halogenated alkanes) is 48. The monoisotopic (exact) mass is 1530 g/mol. The van der Waals surface area contributed by atoms with E-state index in [1.807, 2.05) is 0 Å². The van der Waals surface area contributed by atoms with Crippen LogP contribution in [0, 0.1) is 11.8 Å². The fourth-order valence-electron chi connectivity index (χ4n) is 12.8. The Bertz CT molecular complexity index is 2110. The summed E-state index contributed by atoms with van der Waals surface area (Å²) in [6.07, 6.45) is 71.7. The van der Waals surface area contributed by atoms with E-state index in [0.29, 0.717) is 25.7 Å². The molecule has 7 atom stereocenters. The van der Waals surface area contributed by atoms with E-state index in [4.69, 9.17) is 37.0 Å². The van der Waals surface area contributed by atoms with Crippen molar-refractivity contribution in [2.24, 2.45) is 11.8 Å². The molecular weight excluding hydrogens is 1370 g/mol. The largest absolute Gasteiger partial charge is 0.472 e. The van der Waals surface area contributed by atoms with Gasteiger partial charge in [0.05, 0.1) is 26.4 Å². The maximum atomic E-state index is 13.1. The topological polar surface area (TPSA) is 237 Å². The van der Waals surface area contributed by atoms with Crippen molar-refractivity contribution < 1.29 is 80.2 Å². The predicted octanol–water partition coefficient (Wildman–Crippen LogP) is 25.8. The predicted molar refractivity (Wildman–Crippen MR) is 432 cm³/mol. The summed E-state index contributed by atoms with van der Waals surface area (Å²) in [5.41, 5.74) is 0.